The first-order valence-electron chi connectivity index (χ1n) is 11.3. The number of ether oxygens (including phenoxy) is 1. The molecule has 2 atom stereocenters. The van der Waals surface area contributed by atoms with Gasteiger partial charge in [0.2, 0.25) is 11.7 Å². The van der Waals surface area contributed by atoms with Crippen LogP contribution in [0.4, 0.5) is 19.3 Å². The summed E-state index contributed by atoms with van der Waals surface area (Å²) in [4.78, 5) is 45.7. The molecule has 1 aromatic carbocycles. The molecule has 1 unspecified atom stereocenters. The zero-order valence-corrected chi connectivity index (χ0v) is 19.7. The minimum atomic E-state index is -1.42. The zero-order chi connectivity index (χ0) is 25.3. The Morgan fingerprint density at radius 1 is 1.26 bits per heavy atom. The first-order chi connectivity index (χ1) is 16.6. The van der Waals surface area contributed by atoms with Crippen molar-refractivity contribution in [3.8, 4) is 5.75 Å². The van der Waals surface area contributed by atoms with Crippen molar-refractivity contribution in [2.24, 2.45) is 0 Å². The fourth-order valence-electron chi connectivity index (χ4n) is 4.64. The van der Waals surface area contributed by atoms with Crippen molar-refractivity contribution in [1.82, 2.24) is 20.5 Å². The van der Waals surface area contributed by atoms with E-state index in [4.69, 9.17) is 4.74 Å². The summed E-state index contributed by atoms with van der Waals surface area (Å²) in [5, 5.41) is 4.91. The molecule has 4 amide bonds. The summed E-state index contributed by atoms with van der Waals surface area (Å²) in [7, 11) is 1.27. The molecule has 11 heteroatoms. The number of halogens is 2. The lowest BCUT2D eigenvalue weighted by Crippen LogP contribution is -2.54. The standard InChI is InChI=1S/C24H27F2N5O4/c1-14-5-4-6-19(27-14)24(22(33)28-23(34)29-24)8-7-20(32)30-9-10-31(15(2)13-30)16-11-17(25)21(26)18(12-16)35-3/h4-6,11-12,15H,7-10,13H2,1-3H3,(H2,28,29,33,34)/t15-,24?/m0/s1. The van der Waals surface area contributed by atoms with Gasteiger partial charge in [0.05, 0.1) is 12.8 Å². The third-order valence-electron chi connectivity index (χ3n) is 6.49. The molecule has 2 aliphatic heterocycles. The van der Waals surface area contributed by atoms with E-state index in [0.29, 0.717) is 36.7 Å². The van der Waals surface area contributed by atoms with Gasteiger partial charge in [0, 0.05) is 55.6 Å². The molecule has 0 aliphatic carbocycles. The summed E-state index contributed by atoms with van der Waals surface area (Å²) in [5.41, 5.74) is 0.101. The van der Waals surface area contributed by atoms with Gasteiger partial charge in [-0.3, -0.25) is 19.9 Å². The van der Waals surface area contributed by atoms with E-state index in [1.165, 1.54) is 13.2 Å². The number of rotatable bonds is 6. The fourth-order valence-corrected chi connectivity index (χ4v) is 4.64. The predicted octanol–water partition coefficient (Wildman–Crippen LogP) is 2.23. The van der Waals surface area contributed by atoms with E-state index in [1.807, 2.05) is 11.8 Å². The van der Waals surface area contributed by atoms with Crippen molar-refractivity contribution in [3.63, 3.8) is 0 Å². The van der Waals surface area contributed by atoms with Crippen LogP contribution in [0.3, 0.4) is 0 Å². The van der Waals surface area contributed by atoms with Crippen LogP contribution in [0, 0.1) is 18.6 Å². The van der Waals surface area contributed by atoms with Crippen LogP contribution in [-0.4, -0.2) is 60.5 Å². The number of carbonyl (C=O) groups excluding carboxylic acids is 3. The average molecular weight is 488 g/mol. The molecule has 2 saturated heterocycles. The number of pyridine rings is 1. The van der Waals surface area contributed by atoms with Gasteiger partial charge < -0.3 is 19.9 Å². The summed E-state index contributed by atoms with van der Waals surface area (Å²) in [6, 6.07) is 6.92. The monoisotopic (exact) mass is 487 g/mol. The number of nitrogens with one attached hydrogen (secondary N) is 2. The highest BCUT2D eigenvalue weighted by molar-refractivity contribution is 6.07. The summed E-state index contributed by atoms with van der Waals surface area (Å²) >= 11 is 0. The Bertz CT molecular complexity index is 1180. The van der Waals surface area contributed by atoms with Crippen LogP contribution in [0.5, 0.6) is 5.75 Å². The Balaban J connectivity index is 1.45. The highest BCUT2D eigenvalue weighted by Crippen LogP contribution is 2.31. The maximum atomic E-state index is 14.0. The number of urea groups is 1. The Labute approximate surface area is 201 Å². The maximum absolute atomic E-state index is 14.0. The SMILES string of the molecule is COc1cc(N2CCN(C(=O)CCC3(c4cccc(C)n4)NC(=O)NC3=O)C[C@@H]2C)cc(F)c1F. The van der Waals surface area contributed by atoms with Crippen molar-refractivity contribution in [3.05, 3.63) is 53.4 Å². The zero-order valence-electron chi connectivity index (χ0n) is 19.7. The second-order valence-electron chi connectivity index (χ2n) is 8.80. The van der Waals surface area contributed by atoms with Crippen LogP contribution in [0.1, 0.15) is 31.2 Å². The molecule has 2 aromatic rings. The van der Waals surface area contributed by atoms with Gasteiger partial charge >= 0.3 is 6.03 Å². The molecule has 2 aliphatic rings. The molecule has 0 bridgehead atoms. The molecule has 9 nitrogen and oxygen atoms in total. The molecule has 0 spiro atoms. The Kier molecular flexibility index (Phi) is 6.60. The van der Waals surface area contributed by atoms with Crippen LogP contribution in [0.15, 0.2) is 30.3 Å². The number of carbonyl (C=O) groups is 3. The van der Waals surface area contributed by atoms with Gasteiger partial charge in [0.1, 0.15) is 0 Å². The smallest absolute Gasteiger partial charge is 0.322 e. The Morgan fingerprint density at radius 2 is 2.03 bits per heavy atom. The van der Waals surface area contributed by atoms with E-state index >= 15 is 0 Å². The molecular weight excluding hydrogens is 460 g/mol. The van der Waals surface area contributed by atoms with Gasteiger partial charge in [-0.2, -0.15) is 4.39 Å². The number of piperazine rings is 1. The summed E-state index contributed by atoms with van der Waals surface area (Å²) in [6.45, 7) is 4.78. The molecule has 186 valence electrons. The molecule has 0 saturated carbocycles. The minimum Gasteiger partial charge on any atom is -0.493 e. The van der Waals surface area contributed by atoms with Crippen molar-refractivity contribution in [2.75, 3.05) is 31.6 Å². The Hall–Kier alpha value is -3.76. The van der Waals surface area contributed by atoms with E-state index in [1.54, 1.807) is 30.0 Å². The number of aromatic nitrogens is 1. The number of amides is 4. The van der Waals surface area contributed by atoms with Gasteiger partial charge in [-0.1, -0.05) is 6.07 Å². The Morgan fingerprint density at radius 3 is 2.66 bits per heavy atom. The van der Waals surface area contributed by atoms with Crippen LogP contribution in [0.25, 0.3) is 0 Å². The van der Waals surface area contributed by atoms with E-state index < -0.39 is 29.1 Å². The quantitative estimate of drug-likeness (QED) is 0.606. The van der Waals surface area contributed by atoms with E-state index in [-0.39, 0.29) is 30.5 Å². The average Bonchev–Trinajstić information content (AvgIpc) is 3.12. The van der Waals surface area contributed by atoms with Crippen molar-refractivity contribution in [2.45, 2.75) is 38.3 Å². The number of hydrogen-bond donors (Lipinski definition) is 2. The topological polar surface area (TPSA) is 104 Å². The van der Waals surface area contributed by atoms with Gasteiger partial charge in [-0.25, -0.2) is 9.18 Å². The van der Waals surface area contributed by atoms with Gasteiger partial charge in [0.25, 0.3) is 5.91 Å². The van der Waals surface area contributed by atoms with Gasteiger partial charge in [0.15, 0.2) is 17.1 Å². The molecule has 4 rings (SSSR count). The summed E-state index contributed by atoms with van der Waals surface area (Å²) in [5.74, 6) is -2.95. The lowest BCUT2D eigenvalue weighted by atomic mass is 9.88. The second kappa shape index (κ2) is 9.47. The number of hydrogen-bond acceptors (Lipinski definition) is 6. The number of nitrogens with zero attached hydrogens (tertiary/aromatic N) is 3. The lowest BCUT2D eigenvalue weighted by Gasteiger charge is -2.41. The van der Waals surface area contributed by atoms with Crippen molar-refractivity contribution in [1.29, 1.82) is 0 Å². The largest absolute Gasteiger partial charge is 0.493 e. The number of methoxy groups -OCH3 is 1. The maximum Gasteiger partial charge on any atom is 0.322 e. The third kappa shape index (κ3) is 4.62. The number of benzene rings is 1. The van der Waals surface area contributed by atoms with Crippen molar-refractivity contribution < 1.29 is 27.9 Å². The molecular formula is C24H27F2N5O4. The predicted molar refractivity (Wildman–Crippen MR) is 123 cm³/mol. The van der Waals surface area contributed by atoms with Crippen LogP contribution < -0.4 is 20.3 Å². The molecule has 35 heavy (non-hydrogen) atoms. The van der Waals surface area contributed by atoms with Crippen molar-refractivity contribution >= 4 is 23.5 Å². The second-order valence-corrected chi connectivity index (χ2v) is 8.80. The molecule has 2 fully saturated rings. The number of imide groups is 1. The normalized spacial score (nSPS) is 22.1. The first kappa shape index (κ1) is 24.4. The van der Waals surface area contributed by atoms with E-state index in [0.717, 1.165) is 6.07 Å². The van der Waals surface area contributed by atoms with Gasteiger partial charge in [-0.15, -0.1) is 0 Å². The van der Waals surface area contributed by atoms with Crippen LogP contribution >= 0.6 is 0 Å². The highest BCUT2D eigenvalue weighted by Gasteiger charge is 2.49. The van der Waals surface area contributed by atoms with Gasteiger partial charge in [-0.05, 0) is 32.4 Å². The lowest BCUT2D eigenvalue weighted by molar-refractivity contribution is -0.133. The minimum absolute atomic E-state index is 0.00897. The fraction of sp³-hybridized carbons (Fsp3) is 0.417. The summed E-state index contributed by atoms with van der Waals surface area (Å²) < 4.78 is 32.8. The highest BCUT2D eigenvalue weighted by atomic mass is 19.2. The van der Waals surface area contributed by atoms with Crippen LogP contribution in [-0.2, 0) is 15.1 Å². The van der Waals surface area contributed by atoms with Crippen LogP contribution in [0.2, 0.25) is 0 Å². The molecule has 2 N–H and O–H groups in total. The first-order valence-corrected chi connectivity index (χ1v) is 11.3. The number of anilines is 1. The van der Waals surface area contributed by atoms with E-state index in [2.05, 4.69) is 15.6 Å². The number of aryl methyl sites for hydroxylation is 1. The molecule has 1 aromatic heterocycles. The molecule has 0 radical (unpaired) electrons. The third-order valence-corrected chi connectivity index (χ3v) is 6.49. The molecule has 3 heterocycles. The summed E-state index contributed by atoms with van der Waals surface area (Å²) in [6.07, 6.45) is 0.0594. The van der Waals surface area contributed by atoms with E-state index in [9.17, 15) is 23.2 Å².